The molecule has 1 aromatic rings. The molecule has 0 fully saturated rings. The van der Waals surface area contributed by atoms with Crippen LogP contribution in [0.25, 0.3) is 6.08 Å². The SMILES string of the molecule is COc1ccc(CC(C)(C)C)cc1/C=C/CN. The predicted molar refractivity (Wildman–Crippen MR) is 74.2 cm³/mol. The third kappa shape index (κ3) is 4.61. The highest BCUT2D eigenvalue weighted by Crippen LogP contribution is 2.26. The van der Waals surface area contributed by atoms with E-state index in [1.807, 2.05) is 18.2 Å². The van der Waals surface area contributed by atoms with Crippen LogP contribution >= 0.6 is 0 Å². The Balaban J connectivity index is 3.00. The van der Waals surface area contributed by atoms with Crippen LogP contribution in [0.3, 0.4) is 0 Å². The topological polar surface area (TPSA) is 35.2 Å². The molecule has 0 unspecified atom stereocenters. The maximum atomic E-state index is 5.48. The summed E-state index contributed by atoms with van der Waals surface area (Å²) in [7, 11) is 1.69. The third-order valence-corrected chi connectivity index (χ3v) is 2.46. The molecule has 0 atom stereocenters. The number of hydrogen-bond donors (Lipinski definition) is 1. The van der Waals surface area contributed by atoms with Crippen molar-refractivity contribution in [3.05, 3.63) is 35.4 Å². The molecule has 2 nitrogen and oxygen atoms in total. The summed E-state index contributed by atoms with van der Waals surface area (Å²) in [5.41, 5.74) is 8.20. The van der Waals surface area contributed by atoms with Crippen LogP contribution in [0.1, 0.15) is 31.9 Å². The van der Waals surface area contributed by atoms with Gasteiger partial charge in [0.2, 0.25) is 0 Å². The molecule has 0 aliphatic rings. The van der Waals surface area contributed by atoms with Gasteiger partial charge in [-0.1, -0.05) is 39.0 Å². The Kier molecular flexibility index (Phi) is 4.76. The van der Waals surface area contributed by atoms with Gasteiger partial charge in [-0.05, 0) is 29.5 Å². The zero-order valence-corrected chi connectivity index (χ0v) is 11.3. The van der Waals surface area contributed by atoms with E-state index in [0.717, 1.165) is 17.7 Å². The molecule has 2 heteroatoms. The monoisotopic (exact) mass is 233 g/mol. The molecule has 0 saturated heterocycles. The van der Waals surface area contributed by atoms with Gasteiger partial charge in [0.1, 0.15) is 5.75 Å². The molecule has 0 radical (unpaired) electrons. The Morgan fingerprint density at radius 3 is 2.53 bits per heavy atom. The predicted octanol–water partition coefficient (Wildman–Crippen LogP) is 3.26. The smallest absolute Gasteiger partial charge is 0.126 e. The molecule has 17 heavy (non-hydrogen) atoms. The molecule has 1 aromatic carbocycles. The molecule has 94 valence electrons. The average molecular weight is 233 g/mol. The molecule has 0 saturated carbocycles. The third-order valence-electron chi connectivity index (χ3n) is 2.46. The van der Waals surface area contributed by atoms with Gasteiger partial charge < -0.3 is 10.5 Å². The molecular formula is C15H23NO. The molecule has 0 aliphatic heterocycles. The summed E-state index contributed by atoms with van der Waals surface area (Å²) >= 11 is 0. The minimum atomic E-state index is 0.295. The van der Waals surface area contributed by atoms with E-state index in [1.165, 1.54) is 5.56 Å². The summed E-state index contributed by atoms with van der Waals surface area (Å²) < 4.78 is 5.34. The van der Waals surface area contributed by atoms with Crippen LogP contribution in [-0.2, 0) is 6.42 Å². The summed E-state index contributed by atoms with van der Waals surface area (Å²) in [6, 6.07) is 6.33. The number of nitrogens with two attached hydrogens (primary N) is 1. The first-order valence-electron chi connectivity index (χ1n) is 6.00. The average Bonchev–Trinajstić information content (AvgIpc) is 2.24. The fraction of sp³-hybridized carbons (Fsp3) is 0.467. The van der Waals surface area contributed by atoms with Gasteiger partial charge in [-0.25, -0.2) is 0 Å². The lowest BCUT2D eigenvalue weighted by Crippen LogP contribution is -2.09. The Morgan fingerprint density at radius 2 is 2.00 bits per heavy atom. The molecule has 0 spiro atoms. The normalized spacial score (nSPS) is 12.1. The zero-order valence-electron chi connectivity index (χ0n) is 11.3. The van der Waals surface area contributed by atoms with E-state index in [9.17, 15) is 0 Å². The van der Waals surface area contributed by atoms with Crippen molar-refractivity contribution >= 4 is 6.08 Å². The Hall–Kier alpha value is -1.28. The second-order valence-corrected chi connectivity index (χ2v) is 5.45. The fourth-order valence-electron chi connectivity index (χ4n) is 1.83. The maximum Gasteiger partial charge on any atom is 0.126 e. The van der Waals surface area contributed by atoms with Gasteiger partial charge in [0.15, 0.2) is 0 Å². The van der Waals surface area contributed by atoms with Gasteiger partial charge in [-0.3, -0.25) is 0 Å². The first kappa shape index (κ1) is 13.8. The van der Waals surface area contributed by atoms with Crippen LogP contribution in [0.2, 0.25) is 0 Å². The highest BCUT2D eigenvalue weighted by molar-refractivity contribution is 5.58. The van der Waals surface area contributed by atoms with Crippen molar-refractivity contribution in [1.29, 1.82) is 0 Å². The minimum Gasteiger partial charge on any atom is -0.496 e. The van der Waals surface area contributed by atoms with E-state index < -0.39 is 0 Å². The van der Waals surface area contributed by atoms with Gasteiger partial charge in [0, 0.05) is 12.1 Å². The number of ether oxygens (including phenoxy) is 1. The second-order valence-electron chi connectivity index (χ2n) is 5.45. The highest BCUT2D eigenvalue weighted by Gasteiger charge is 2.12. The zero-order chi connectivity index (χ0) is 12.9. The highest BCUT2D eigenvalue weighted by atomic mass is 16.5. The Bertz CT molecular complexity index is 388. The van der Waals surface area contributed by atoms with E-state index in [1.54, 1.807) is 7.11 Å². The van der Waals surface area contributed by atoms with Crippen molar-refractivity contribution in [3.63, 3.8) is 0 Å². The van der Waals surface area contributed by atoms with Crippen LogP contribution in [0.5, 0.6) is 5.75 Å². The molecule has 0 bridgehead atoms. The molecule has 1 rings (SSSR count). The van der Waals surface area contributed by atoms with Gasteiger partial charge >= 0.3 is 0 Å². The number of rotatable bonds is 4. The Labute approximate surface area is 104 Å². The van der Waals surface area contributed by atoms with Gasteiger partial charge in [-0.2, -0.15) is 0 Å². The first-order chi connectivity index (χ1) is 7.96. The maximum absolute atomic E-state index is 5.48. The van der Waals surface area contributed by atoms with E-state index >= 15 is 0 Å². The van der Waals surface area contributed by atoms with Crippen molar-refractivity contribution in [1.82, 2.24) is 0 Å². The van der Waals surface area contributed by atoms with E-state index in [0.29, 0.717) is 12.0 Å². The van der Waals surface area contributed by atoms with Gasteiger partial charge in [0.05, 0.1) is 7.11 Å². The molecular weight excluding hydrogens is 210 g/mol. The molecule has 0 aliphatic carbocycles. The van der Waals surface area contributed by atoms with Crippen LogP contribution in [0, 0.1) is 5.41 Å². The van der Waals surface area contributed by atoms with E-state index in [4.69, 9.17) is 10.5 Å². The van der Waals surface area contributed by atoms with Crippen LogP contribution < -0.4 is 10.5 Å². The van der Waals surface area contributed by atoms with Crippen molar-refractivity contribution in [2.75, 3.05) is 13.7 Å². The Morgan fingerprint density at radius 1 is 1.29 bits per heavy atom. The molecule has 0 heterocycles. The number of benzene rings is 1. The van der Waals surface area contributed by atoms with Gasteiger partial charge in [-0.15, -0.1) is 0 Å². The fourth-order valence-corrected chi connectivity index (χ4v) is 1.83. The van der Waals surface area contributed by atoms with Crippen LogP contribution in [0.15, 0.2) is 24.3 Å². The molecule has 0 aromatic heterocycles. The first-order valence-corrected chi connectivity index (χ1v) is 6.00. The summed E-state index contributed by atoms with van der Waals surface area (Å²) in [4.78, 5) is 0. The van der Waals surface area contributed by atoms with E-state index in [-0.39, 0.29) is 0 Å². The van der Waals surface area contributed by atoms with E-state index in [2.05, 4.69) is 32.9 Å². The standard InChI is InChI=1S/C15H23NO/c1-15(2,3)11-12-7-8-14(17-4)13(10-12)6-5-9-16/h5-8,10H,9,11,16H2,1-4H3/b6-5+. The number of methoxy groups -OCH3 is 1. The summed E-state index contributed by atoms with van der Waals surface area (Å²) in [5, 5.41) is 0. The second kappa shape index (κ2) is 5.87. The summed E-state index contributed by atoms with van der Waals surface area (Å²) in [5.74, 6) is 0.896. The lowest BCUT2D eigenvalue weighted by molar-refractivity contribution is 0.406. The van der Waals surface area contributed by atoms with Crippen molar-refractivity contribution < 1.29 is 4.74 Å². The largest absolute Gasteiger partial charge is 0.496 e. The molecule has 0 amide bonds. The summed E-state index contributed by atoms with van der Waals surface area (Å²) in [6.07, 6.45) is 5.02. The van der Waals surface area contributed by atoms with Crippen molar-refractivity contribution in [2.45, 2.75) is 27.2 Å². The van der Waals surface area contributed by atoms with Crippen molar-refractivity contribution in [3.8, 4) is 5.75 Å². The minimum absolute atomic E-state index is 0.295. The number of hydrogen-bond acceptors (Lipinski definition) is 2. The van der Waals surface area contributed by atoms with Crippen LogP contribution in [-0.4, -0.2) is 13.7 Å². The van der Waals surface area contributed by atoms with Gasteiger partial charge in [0.25, 0.3) is 0 Å². The quantitative estimate of drug-likeness (QED) is 0.866. The van der Waals surface area contributed by atoms with Crippen molar-refractivity contribution in [2.24, 2.45) is 11.1 Å². The summed E-state index contributed by atoms with van der Waals surface area (Å²) in [6.45, 7) is 7.28. The lowest BCUT2D eigenvalue weighted by atomic mass is 9.87. The lowest BCUT2D eigenvalue weighted by Gasteiger charge is -2.19. The van der Waals surface area contributed by atoms with Crippen LogP contribution in [0.4, 0.5) is 0 Å². The molecule has 2 N–H and O–H groups in total.